The van der Waals surface area contributed by atoms with E-state index in [2.05, 4.69) is 17.9 Å². The van der Waals surface area contributed by atoms with Crippen molar-refractivity contribution < 1.29 is 0 Å². The van der Waals surface area contributed by atoms with Gasteiger partial charge in [0.2, 0.25) is 0 Å². The molecule has 1 saturated heterocycles. The first-order valence-electron chi connectivity index (χ1n) is 9.97. The van der Waals surface area contributed by atoms with Crippen molar-refractivity contribution in [1.29, 1.82) is 0 Å². The van der Waals surface area contributed by atoms with Crippen molar-refractivity contribution in [3.63, 3.8) is 0 Å². The smallest absolute Gasteiger partial charge is 0.294 e. The summed E-state index contributed by atoms with van der Waals surface area (Å²) in [5.41, 5.74) is 4.49. The molecule has 2 aromatic heterocycles. The molecule has 0 aliphatic carbocycles. The molecule has 1 fully saturated rings. The van der Waals surface area contributed by atoms with Gasteiger partial charge in [0.05, 0.1) is 11.2 Å². The van der Waals surface area contributed by atoms with Gasteiger partial charge in [0.15, 0.2) is 10.6 Å². The second kappa shape index (κ2) is 7.44. The predicted molar refractivity (Wildman–Crippen MR) is 119 cm³/mol. The number of nitrogens with zero attached hydrogens (tertiary/aromatic N) is 4. The zero-order chi connectivity index (χ0) is 19.8. The Kier molecular flexibility index (Phi) is 4.64. The lowest BCUT2D eigenvalue weighted by molar-refractivity contribution is 0.648. The third-order valence-corrected chi connectivity index (χ3v) is 6.62. The summed E-state index contributed by atoms with van der Waals surface area (Å²) in [6.07, 6.45) is 2.36. The minimum Gasteiger partial charge on any atom is -0.348 e. The maximum Gasteiger partial charge on any atom is 0.294 e. The van der Waals surface area contributed by atoms with E-state index in [1.54, 1.807) is 16.0 Å². The lowest BCUT2D eigenvalue weighted by atomic mass is 10.1. The molecule has 3 heterocycles. The molecule has 0 atom stereocenters. The van der Waals surface area contributed by atoms with Crippen molar-refractivity contribution in [3.8, 4) is 11.3 Å². The molecule has 0 amide bonds. The highest BCUT2D eigenvalue weighted by atomic mass is 32.1. The Balaban J connectivity index is 1.70. The summed E-state index contributed by atoms with van der Waals surface area (Å²) in [5, 5.41) is 5.74. The van der Waals surface area contributed by atoms with E-state index in [9.17, 15) is 4.79 Å². The van der Waals surface area contributed by atoms with E-state index in [1.165, 1.54) is 12.8 Å². The molecule has 0 N–H and O–H groups in total. The quantitative estimate of drug-likeness (QED) is 0.505. The van der Waals surface area contributed by atoms with Crippen LogP contribution in [0.25, 0.3) is 21.5 Å². The van der Waals surface area contributed by atoms with Crippen molar-refractivity contribution in [3.05, 3.63) is 76.1 Å². The number of benzene rings is 2. The van der Waals surface area contributed by atoms with Gasteiger partial charge in [-0.05, 0) is 30.9 Å². The van der Waals surface area contributed by atoms with Crippen LogP contribution in [0.2, 0.25) is 0 Å². The minimum atomic E-state index is -0.121. The van der Waals surface area contributed by atoms with E-state index < -0.39 is 0 Å². The number of rotatable bonds is 4. The Labute approximate surface area is 173 Å². The summed E-state index contributed by atoms with van der Waals surface area (Å²) < 4.78 is 2.45. The van der Waals surface area contributed by atoms with Crippen LogP contribution in [0.4, 0.5) is 5.13 Å². The summed E-state index contributed by atoms with van der Waals surface area (Å²) in [5.74, 6) is 0. The standard InChI is InChI=1S/C23H22N4OS/c1-16-9-5-6-12-18(16)15-27-22(28)20-21(19(25-27)17-10-3-2-4-11-17)29-23(24-20)26-13-7-8-14-26/h2-6,9-12H,7-8,13-15H2,1H3. The number of hydrogen-bond acceptors (Lipinski definition) is 5. The number of aryl methyl sites for hydroxylation is 1. The monoisotopic (exact) mass is 402 g/mol. The molecular formula is C23H22N4OS. The summed E-state index contributed by atoms with van der Waals surface area (Å²) in [4.78, 5) is 20.3. The molecule has 1 aliphatic heterocycles. The number of anilines is 1. The van der Waals surface area contributed by atoms with E-state index in [4.69, 9.17) is 10.1 Å². The number of thiazole rings is 1. The van der Waals surface area contributed by atoms with Crippen molar-refractivity contribution in [2.75, 3.05) is 18.0 Å². The maximum absolute atomic E-state index is 13.3. The van der Waals surface area contributed by atoms with Crippen LogP contribution in [0.3, 0.4) is 0 Å². The Hall–Kier alpha value is -2.99. The lowest BCUT2D eigenvalue weighted by Gasteiger charge is -2.11. The minimum absolute atomic E-state index is 0.121. The largest absolute Gasteiger partial charge is 0.348 e. The molecule has 2 aromatic carbocycles. The topological polar surface area (TPSA) is 51.0 Å². The second-order valence-corrected chi connectivity index (χ2v) is 8.45. The first kappa shape index (κ1) is 18.1. The average Bonchev–Trinajstić information content (AvgIpc) is 3.42. The number of hydrogen-bond donors (Lipinski definition) is 0. The van der Waals surface area contributed by atoms with Crippen molar-refractivity contribution in [1.82, 2.24) is 14.8 Å². The predicted octanol–water partition coefficient (Wildman–Crippen LogP) is 4.48. The average molecular weight is 403 g/mol. The fraction of sp³-hybridized carbons (Fsp3) is 0.261. The van der Waals surface area contributed by atoms with Crippen molar-refractivity contribution in [2.24, 2.45) is 0 Å². The highest BCUT2D eigenvalue weighted by Crippen LogP contribution is 2.34. The third kappa shape index (κ3) is 3.34. The molecule has 5 nitrogen and oxygen atoms in total. The first-order valence-corrected chi connectivity index (χ1v) is 10.8. The zero-order valence-electron chi connectivity index (χ0n) is 16.3. The fourth-order valence-corrected chi connectivity index (χ4v) is 4.95. The van der Waals surface area contributed by atoms with Gasteiger partial charge < -0.3 is 4.90 Å². The molecule has 0 saturated carbocycles. The van der Waals surface area contributed by atoms with E-state index in [0.29, 0.717) is 12.1 Å². The molecule has 1 aliphatic rings. The van der Waals surface area contributed by atoms with Crippen LogP contribution in [0.1, 0.15) is 24.0 Å². The highest BCUT2D eigenvalue weighted by molar-refractivity contribution is 7.22. The zero-order valence-corrected chi connectivity index (χ0v) is 17.2. The van der Waals surface area contributed by atoms with E-state index >= 15 is 0 Å². The van der Waals surface area contributed by atoms with Crippen LogP contribution in [0.15, 0.2) is 59.4 Å². The van der Waals surface area contributed by atoms with Gasteiger partial charge in [-0.3, -0.25) is 4.79 Å². The molecular weight excluding hydrogens is 380 g/mol. The summed E-state index contributed by atoms with van der Waals surface area (Å²) >= 11 is 1.59. The first-order chi connectivity index (χ1) is 14.2. The van der Waals surface area contributed by atoms with Gasteiger partial charge in [0.1, 0.15) is 5.69 Å². The van der Waals surface area contributed by atoms with Gasteiger partial charge in [-0.1, -0.05) is 65.9 Å². The van der Waals surface area contributed by atoms with E-state index in [-0.39, 0.29) is 5.56 Å². The Morgan fingerprint density at radius 2 is 1.72 bits per heavy atom. The van der Waals surface area contributed by atoms with Crippen molar-refractivity contribution >= 4 is 26.7 Å². The SMILES string of the molecule is Cc1ccccc1Cn1nc(-c2ccccc2)c2sc(N3CCCC3)nc2c1=O. The van der Waals surface area contributed by atoms with Crippen LogP contribution in [-0.2, 0) is 6.54 Å². The molecule has 29 heavy (non-hydrogen) atoms. The van der Waals surface area contributed by atoms with Gasteiger partial charge in [-0.15, -0.1) is 0 Å². The number of fused-ring (bicyclic) bond motifs is 1. The van der Waals surface area contributed by atoms with Crippen LogP contribution in [0.5, 0.6) is 0 Å². The molecule has 0 radical (unpaired) electrons. The van der Waals surface area contributed by atoms with Gasteiger partial charge in [-0.2, -0.15) is 5.10 Å². The lowest BCUT2D eigenvalue weighted by Crippen LogP contribution is -2.25. The maximum atomic E-state index is 13.3. The second-order valence-electron chi connectivity index (χ2n) is 7.47. The van der Waals surface area contributed by atoms with Crippen LogP contribution in [-0.4, -0.2) is 27.9 Å². The van der Waals surface area contributed by atoms with E-state index in [1.807, 2.05) is 48.5 Å². The van der Waals surface area contributed by atoms with Gasteiger partial charge >= 0.3 is 0 Å². The van der Waals surface area contributed by atoms with Crippen LogP contribution >= 0.6 is 11.3 Å². The van der Waals surface area contributed by atoms with Gasteiger partial charge in [-0.25, -0.2) is 9.67 Å². The van der Waals surface area contributed by atoms with Gasteiger partial charge in [0.25, 0.3) is 5.56 Å². The molecule has 0 unspecified atom stereocenters. The van der Waals surface area contributed by atoms with Gasteiger partial charge in [0, 0.05) is 18.7 Å². The normalized spacial score (nSPS) is 14.0. The fourth-order valence-electron chi connectivity index (χ4n) is 3.83. The summed E-state index contributed by atoms with van der Waals surface area (Å²) in [6, 6.07) is 18.2. The highest BCUT2D eigenvalue weighted by Gasteiger charge is 2.22. The Bertz CT molecular complexity index is 1220. The molecule has 0 bridgehead atoms. The molecule has 146 valence electrons. The number of aromatic nitrogens is 3. The summed E-state index contributed by atoms with van der Waals surface area (Å²) in [7, 11) is 0. The third-order valence-electron chi connectivity index (χ3n) is 5.49. The van der Waals surface area contributed by atoms with Crippen LogP contribution in [0, 0.1) is 6.92 Å². The van der Waals surface area contributed by atoms with Crippen LogP contribution < -0.4 is 10.5 Å². The Morgan fingerprint density at radius 3 is 2.48 bits per heavy atom. The summed E-state index contributed by atoms with van der Waals surface area (Å²) in [6.45, 7) is 4.51. The molecule has 6 heteroatoms. The molecule has 5 rings (SSSR count). The van der Waals surface area contributed by atoms with E-state index in [0.717, 1.165) is 45.3 Å². The molecule has 0 spiro atoms. The molecule has 4 aromatic rings. The van der Waals surface area contributed by atoms with Crippen molar-refractivity contribution in [2.45, 2.75) is 26.3 Å². The Morgan fingerprint density at radius 1 is 1.00 bits per heavy atom.